The maximum absolute atomic E-state index is 11.8. The Kier molecular flexibility index (Phi) is 7.55. The zero-order valence-corrected chi connectivity index (χ0v) is 11.7. The van der Waals surface area contributed by atoms with E-state index in [1.165, 1.54) is 0 Å². The van der Waals surface area contributed by atoms with E-state index in [2.05, 4.69) is 16.0 Å². The quantitative estimate of drug-likeness (QED) is 0.648. The van der Waals surface area contributed by atoms with E-state index in [0.717, 1.165) is 0 Å². The SMILES string of the molecule is CNC(C)CNC(=O)c1cccc(NC(N)=O)c1.Cl. The van der Waals surface area contributed by atoms with Crippen LogP contribution in [0.2, 0.25) is 0 Å². The summed E-state index contributed by atoms with van der Waals surface area (Å²) in [5, 5.41) is 8.23. The number of primary amides is 1. The first-order valence-electron chi connectivity index (χ1n) is 5.65. The fourth-order valence-electron chi connectivity index (χ4n) is 1.33. The molecule has 1 aromatic rings. The summed E-state index contributed by atoms with van der Waals surface area (Å²) < 4.78 is 0. The highest BCUT2D eigenvalue weighted by Gasteiger charge is 2.07. The predicted octanol–water partition coefficient (Wildman–Crippen LogP) is 0.937. The van der Waals surface area contributed by atoms with Crippen LogP contribution in [0.4, 0.5) is 10.5 Å². The van der Waals surface area contributed by atoms with Crippen molar-refractivity contribution in [3.05, 3.63) is 29.8 Å². The van der Waals surface area contributed by atoms with E-state index >= 15 is 0 Å². The Labute approximate surface area is 118 Å². The number of amides is 3. The first-order valence-corrected chi connectivity index (χ1v) is 5.65. The molecule has 1 aromatic carbocycles. The number of carbonyl (C=O) groups excluding carboxylic acids is 2. The van der Waals surface area contributed by atoms with Crippen molar-refractivity contribution in [3.8, 4) is 0 Å². The molecule has 1 unspecified atom stereocenters. The van der Waals surface area contributed by atoms with Crippen molar-refractivity contribution >= 4 is 30.0 Å². The Balaban J connectivity index is 0.00000324. The third kappa shape index (κ3) is 6.08. The van der Waals surface area contributed by atoms with E-state index in [1.807, 2.05) is 14.0 Å². The molecule has 1 atom stereocenters. The van der Waals surface area contributed by atoms with Crippen LogP contribution in [0.3, 0.4) is 0 Å². The van der Waals surface area contributed by atoms with Gasteiger partial charge in [0.05, 0.1) is 0 Å². The molecule has 0 aliphatic heterocycles. The van der Waals surface area contributed by atoms with Crippen LogP contribution >= 0.6 is 12.4 Å². The summed E-state index contributed by atoms with van der Waals surface area (Å²) >= 11 is 0. The van der Waals surface area contributed by atoms with Gasteiger partial charge in [-0.25, -0.2) is 4.79 Å². The maximum Gasteiger partial charge on any atom is 0.316 e. The van der Waals surface area contributed by atoms with Gasteiger partial charge >= 0.3 is 6.03 Å². The number of benzene rings is 1. The lowest BCUT2D eigenvalue weighted by molar-refractivity contribution is 0.0950. The Hall–Kier alpha value is -1.79. The molecule has 0 saturated carbocycles. The number of hydrogen-bond donors (Lipinski definition) is 4. The van der Waals surface area contributed by atoms with Crippen LogP contribution in [0.1, 0.15) is 17.3 Å². The van der Waals surface area contributed by atoms with Crippen molar-refractivity contribution in [1.29, 1.82) is 0 Å². The molecule has 0 saturated heterocycles. The molecular weight excluding hydrogens is 268 g/mol. The molecule has 0 heterocycles. The molecule has 5 N–H and O–H groups in total. The molecule has 0 bridgehead atoms. The van der Waals surface area contributed by atoms with E-state index in [4.69, 9.17) is 5.73 Å². The number of anilines is 1. The lowest BCUT2D eigenvalue weighted by atomic mass is 10.2. The third-order valence-electron chi connectivity index (χ3n) is 2.45. The van der Waals surface area contributed by atoms with Crippen LogP contribution in [0, 0.1) is 0 Å². The van der Waals surface area contributed by atoms with Crippen LogP contribution in [0.25, 0.3) is 0 Å². The normalized spacial score (nSPS) is 11.1. The Bertz CT molecular complexity index is 439. The van der Waals surface area contributed by atoms with Crippen LogP contribution in [0.15, 0.2) is 24.3 Å². The minimum Gasteiger partial charge on any atom is -0.351 e. The van der Waals surface area contributed by atoms with E-state index in [0.29, 0.717) is 17.8 Å². The monoisotopic (exact) mass is 286 g/mol. The summed E-state index contributed by atoms with van der Waals surface area (Å²) in [7, 11) is 1.83. The van der Waals surface area contributed by atoms with Crippen molar-refractivity contribution in [2.24, 2.45) is 5.73 Å². The zero-order chi connectivity index (χ0) is 13.5. The molecule has 0 spiro atoms. The fourth-order valence-corrected chi connectivity index (χ4v) is 1.33. The van der Waals surface area contributed by atoms with Gasteiger partial charge in [0, 0.05) is 23.8 Å². The number of nitrogens with two attached hydrogens (primary N) is 1. The molecule has 0 aromatic heterocycles. The van der Waals surface area contributed by atoms with E-state index in [9.17, 15) is 9.59 Å². The molecule has 3 amide bonds. The highest BCUT2D eigenvalue weighted by molar-refractivity contribution is 5.96. The number of halogens is 1. The summed E-state index contributed by atoms with van der Waals surface area (Å²) in [6.07, 6.45) is 0. The number of hydrogen-bond acceptors (Lipinski definition) is 3. The number of nitrogens with one attached hydrogen (secondary N) is 3. The zero-order valence-electron chi connectivity index (χ0n) is 10.9. The summed E-state index contributed by atoms with van der Waals surface area (Å²) in [4.78, 5) is 22.5. The minimum atomic E-state index is -0.656. The molecule has 0 fully saturated rings. The van der Waals surface area contributed by atoms with Crippen molar-refractivity contribution < 1.29 is 9.59 Å². The lowest BCUT2D eigenvalue weighted by Crippen LogP contribution is -2.37. The van der Waals surface area contributed by atoms with Crippen LogP contribution in [-0.4, -0.2) is 31.6 Å². The maximum atomic E-state index is 11.8. The summed E-state index contributed by atoms with van der Waals surface area (Å²) in [5.41, 5.74) is 5.98. The van der Waals surface area contributed by atoms with Gasteiger partial charge in [0.25, 0.3) is 5.91 Å². The molecule has 0 aliphatic rings. The molecular formula is C12H19ClN4O2. The van der Waals surface area contributed by atoms with E-state index in [-0.39, 0.29) is 24.4 Å². The van der Waals surface area contributed by atoms with Gasteiger partial charge in [-0.3, -0.25) is 4.79 Å². The van der Waals surface area contributed by atoms with E-state index < -0.39 is 6.03 Å². The predicted molar refractivity (Wildman–Crippen MR) is 77.8 cm³/mol. The smallest absolute Gasteiger partial charge is 0.316 e. The second-order valence-corrected chi connectivity index (χ2v) is 3.97. The molecule has 6 nitrogen and oxygen atoms in total. The van der Waals surface area contributed by atoms with Gasteiger partial charge in [-0.05, 0) is 32.2 Å². The second kappa shape index (κ2) is 8.34. The highest BCUT2D eigenvalue weighted by Crippen LogP contribution is 2.10. The summed E-state index contributed by atoms with van der Waals surface area (Å²) in [6, 6.07) is 6.13. The number of likely N-dealkylation sites (N-methyl/N-ethyl adjacent to an activating group) is 1. The van der Waals surface area contributed by atoms with Crippen molar-refractivity contribution in [2.75, 3.05) is 18.9 Å². The molecule has 106 valence electrons. The van der Waals surface area contributed by atoms with Crippen LogP contribution in [0.5, 0.6) is 0 Å². The average Bonchev–Trinajstić information content (AvgIpc) is 2.35. The van der Waals surface area contributed by atoms with Crippen LogP contribution in [-0.2, 0) is 0 Å². The van der Waals surface area contributed by atoms with Gasteiger partial charge in [0.1, 0.15) is 0 Å². The van der Waals surface area contributed by atoms with Gasteiger partial charge in [-0.2, -0.15) is 0 Å². The molecule has 0 aliphatic carbocycles. The molecule has 19 heavy (non-hydrogen) atoms. The van der Waals surface area contributed by atoms with Gasteiger partial charge in [0.2, 0.25) is 0 Å². The number of carbonyl (C=O) groups is 2. The van der Waals surface area contributed by atoms with Crippen molar-refractivity contribution in [1.82, 2.24) is 10.6 Å². The highest BCUT2D eigenvalue weighted by atomic mass is 35.5. The standard InChI is InChI=1S/C12H18N4O2.ClH/c1-8(14-2)7-15-11(17)9-4-3-5-10(6-9)16-12(13)18;/h3-6,8,14H,7H2,1-2H3,(H,15,17)(H3,13,16,18);1H. The van der Waals surface area contributed by atoms with Crippen molar-refractivity contribution in [2.45, 2.75) is 13.0 Å². The number of urea groups is 1. The average molecular weight is 287 g/mol. The van der Waals surface area contributed by atoms with E-state index in [1.54, 1.807) is 24.3 Å². The molecule has 7 heteroatoms. The lowest BCUT2D eigenvalue weighted by Gasteiger charge is -2.11. The Morgan fingerprint density at radius 3 is 2.63 bits per heavy atom. The Morgan fingerprint density at radius 2 is 2.05 bits per heavy atom. The number of rotatable bonds is 5. The Morgan fingerprint density at radius 1 is 1.37 bits per heavy atom. The minimum absolute atomic E-state index is 0. The largest absolute Gasteiger partial charge is 0.351 e. The molecule has 0 radical (unpaired) electrons. The van der Waals surface area contributed by atoms with Crippen LogP contribution < -0.4 is 21.7 Å². The van der Waals surface area contributed by atoms with Crippen molar-refractivity contribution in [3.63, 3.8) is 0 Å². The van der Waals surface area contributed by atoms with Gasteiger partial charge < -0.3 is 21.7 Å². The summed E-state index contributed by atoms with van der Waals surface area (Å²) in [6.45, 7) is 2.49. The summed E-state index contributed by atoms with van der Waals surface area (Å²) in [5.74, 6) is -0.190. The third-order valence-corrected chi connectivity index (χ3v) is 2.45. The van der Waals surface area contributed by atoms with Gasteiger partial charge in [-0.15, -0.1) is 12.4 Å². The first-order chi connectivity index (χ1) is 8.52. The topological polar surface area (TPSA) is 96.2 Å². The molecule has 1 rings (SSSR count). The van der Waals surface area contributed by atoms with Gasteiger partial charge in [-0.1, -0.05) is 6.07 Å². The fraction of sp³-hybridized carbons (Fsp3) is 0.333. The van der Waals surface area contributed by atoms with Gasteiger partial charge in [0.15, 0.2) is 0 Å². The first kappa shape index (κ1) is 17.2. The second-order valence-electron chi connectivity index (χ2n) is 3.97.